The maximum absolute atomic E-state index is 13.5. The largest absolute Gasteiger partial charge is 0.497 e. The molecular weight excluding hydrogens is 412 g/mol. The van der Waals surface area contributed by atoms with E-state index in [-0.39, 0.29) is 11.8 Å². The first kappa shape index (κ1) is 23.3. The number of rotatable bonds is 7. The number of ether oxygens (including phenoxy) is 1. The Kier molecular flexibility index (Phi) is 7.38. The summed E-state index contributed by atoms with van der Waals surface area (Å²) in [6.07, 6.45) is 2.29. The summed E-state index contributed by atoms with van der Waals surface area (Å²) in [5, 5.41) is 0. The van der Waals surface area contributed by atoms with Crippen LogP contribution in [0, 0.1) is 5.92 Å². The Hall–Kier alpha value is -2.38. The van der Waals surface area contributed by atoms with E-state index in [0.717, 1.165) is 17.0 Å². The Morgan fingerprint density at radius 3 is 2.13 bits per heavy atom. The zero-order valence-corrected chi connectivity index (χ0v) is 19.6. The van der Waals surface area contributed by atoms with Gasteiger partial charge in [0.2, 0.25) is 15.9 Å². The lowest BCUT2D eigenvalue weighted by molar-refractivity contribution is -0.123. The van der Waals surface area contributed by atoms with Gasteiger partial charge in [0.15, 0.2) is 0 Å². The van der Waals surface area contributed by atoms with Crippen LogP contribution >= 0.6 is 0 Å². The lowest BCUT2D eigenvalue weighted by Crippen LogP contribution is -2.44. The van der Waals surface area contributed by atoms with Gasteiger partial charge in [-0.15, -0.1) is 0 Å². The van der Waals surface area contributed by atoms with Crippen LogP contribution in [0.3, 0.4) is 0 Å². The van der Waals surface area contributed by atoms with Crippen molar-refractivity contribution in [3.63, 3.8) is 0 Å². The highest BCUT2D eigenvalue weighted by molar-refractivity contribution is 7.88. The van der Waals surface area contributed by atoms with E-state index >= 15 is 0 Å². The van der Waals surface area contributed by atoms with Gasteiger partial charge in [0.1, 0.15) is 5.75 Å². The molecule has 1 amide bonds. The van der Waals surface area contributed by atoms with Crippen LogP contribution in [-0.4, -0.2) is 45.1 Å². The Labute approximate surface area is 185 Å². The molecular formula is C24H32N2O4S. The minimum Gasteiger partial charge on any atom is -0.497 e. The van der Waals surface area contributed by atoms with Gasteiger partial charge in [-0.2, -0.15) is 0 Å². The maximum atomic E-state index is 13.5. The molecule has 6 nitrogen and oxygen atoms in total. The van der Waals surface area contributed by atoms with E-state index < -0.39 is 10.0 Å². The standard InChI is InChI=1S/C24H32N2O4S/c1-18(2)20-7-5-19(6-8-20)17-26(22-9-11-23(30-3)12-10-22)24(27)21-13-15-25(16-14-21)31(4,28)29/h5-12,18,21H,13-17H2,1-4H3. The molecule has 1 aliphatic heterocycles. The second kappa shape index (κ2) is 9.83. The summed E-state index contributed by atoms with van der Waals surface area (Å²) in [5.41, 5.74) is 3.13. The van der Waals surface area contributed by atoms with Crippen LogP contribution in [0.2, 0.25) is 0 Å². The second-order valence-electron chi connectivity index (χ2n) is 8.46. The molecule has 1 fully saturated rings. The number of amides is 1. The van der Waals surface area contributed by atoms with Gasteiger partial charge in [-0.25, -0.2) is 12.7 Å². The third-order valence-electron chi connectivity index (χ3n) is 5.91. The molecule has 1 heterocycles. The molecule has 0 spiro atoms. The van der Waals surface area contributed by atoms with Crippen molar-refractivity contribution in [2.75, 3.05) is 31.4 Å². The molecule has 1 saturated heterocycles. The quantitative estimate of drug-likeness (QED) is 0.647. The number of benzene rings is 2. The highest BCUT2D eigenvalue weighted by Gasteiger charge is 2.32. The number of piperidine rings is 1. The summed E-state index contributed by atoms with van der Waals surface area (Å²) in [5.74, 6) is 1.02. The normalized spacial score (nSPS) is 15.8. The SMILES string of the molecule is COc1ccc(N(Cc2ccc(C(C)C)cc2)C(=O)C2CCN(S(C)(=O)=O)CC2)cc1. The van der Waals surface area contributed by atoms with Crippen LogP contribution in [0.1, 0.15) is 43.7 Å². The Balaban J connectivity index is 1.82. The predicted molar refractivity (Wildman–Crippen MR) is 124 cm³/mol. The monoisotopic (exact) mass is 444 g/mol. The average molecular weight is 445 g/mol. The minimum atomic E-state index is -3.22. The van der Waals surface area contributed by atoms with Crippen molar-refractivity contribution < 1.29 is 17.9 Å². The molecule has 0 saturated carbocycles. The molecule has 2 aromatic carbocycles. The summed E-state index contributed by atoms with van der Waals surface area (Å²) in [4.78, 5) is 15.3. The summed E-state index contributed by atoms with van der Waals surface area (Å²) in [6.45, 7) is 5.55. The van der Waals surface area contributed by atoms with E-state index in [1.165, 1.54) is 16.1 Å². The number of anilines is 1. The zero-order valence-electron chi connectivity index (χ0n) is 18.7. The first-order valence-electron chi connectivity index (χ1n) is 10.7. The average Bonchev–Trinajstić information content (AvgIpc) is 2.77. The number of carbonyl (C=O) groups is 1. The molecule has 1 aliphatic rings. The molecule has 3 rings (SSSR count). The van der Waals surface area contributed by atoms with Crippen molar-refractivity contribution in [1.82, 2.24) is 4.31 Å². The maximum Gasteiger partial charge on any atom is 0.230 e. The van der Waals surface area contributed by atoms with E-state index in [0.29, 0.717) is 38.4 Å². The summed E-state index contributed by atoms with van der Waals surface area (Å²) in [7, 11) is -1.61. The Bertz CT molecular complexity index is 977. The van der Waals surface area contributed by atoms with Crippen LogP contribution in [0.15, 0.2) is 48.5 Å². The first-order chi connectivity index (χ1) is 14.7. The van der Waals surface area contributed by atoms with E-state index in [2.05, 4.69) is 38.1 Å². The van der Waals surface area contributed by atoms with Crippen molar-refractivity contribution >= 4 is 21.6 Å². The highest BCUT2D eigenvalue weighted by atomic mass is 32.2. The molecule has 2 aromatic rings. The van der Waals surface area contributed by atoms with E-state index in [1.54, 1.807) is 7.11 Å². The van der Waals surface area contributed by atoms with Gasteiger partial charge in [0, 0.05) is 24.7 Å². The predicted octanol–water partition coefficient (Wildman–Crippen LogP) is 4.02. The van der Waals surface area contributed by atoms with Crippen LogP contribution in [0.25, 0.3) is 0 Å². The molecule has 0 atom stereocenters. The van der Waals surface area contributed by atoms with Gasteiger partial charge >= 0.3 is 0 Å². The number of nitrogens with zero attached hydrogens (tertiary/aromatic N) is 2. The number of carbonyl (C=O) groups excluding carboxylic acids is 1. The smallest absolute Gasteiger partial charge is 0.230 e. The van der Waals surface area contributed by atoms with E-state index in [4.69, 9.17) is 4.74 Å². The minimum absolute atomic E-state index is 0.0336. The first-order valence-corrected chi connectivity index (χ1v) is 12.5. The second-order valence-corrected chi connectivity index (χ2v) is 10.4. The fraction of sp³-hybridized carbons (Fsp3) is 0.458. The van der Waals surface area contributed by atoms with Crippen molar-refractivity contribution in [3.8, 4) is 5.75 Å². The number of methoxy groups -OCH3 is 1. The molecule has 0 unspecified atom stereocenters. The van der Waals surface area contributed by atoms with E-state index in [9.17, 15) is 13.2 Å². The molecule has 168 valence electrons. The van der Waals surface area contributed by atoms with Gasteiger partial charge in [-0.1, -0.05) is 38.1 Å². The van der Waals surface area contributed by atoms with Gasteiger partial charge < -0.3 is 9.64 Å². The van der Waals surface area contributed by atoms with Crippen LogP contribution < -0.4 is 9.64 Å². The lowest BCUT2D eigenvalue weighted by atomic mass is 9.95. The molecule has 0 aromatic heterocycles. The number of hydrogen-bond acceptors (Lipinski definition) is 4. The summed E-state index contributed by atoms with van der Waals surface area (Å²) < 4.78 is 30.3. The lowest BCUT2D eigenvalue weighted by Gasteiger charge is -2.33. The molecule has 0 radical (unpaired) electrons. The fourth-order valence-corrected chi connectivity index (χ4v) is 4.78. The fourth-order valence-electron chi connectivity index (χ4n) is 3.90. The van der Waals surface area contributed by atoms with Crippen molar-refractivity contribution in [2.24, 2.45) is 5.92 Å². The van der Waals surface area contributed by atoms with Crippen LogP contribution in [0.4, 0.5) is 5.69 Å². The summed E-state index contributed by atoms with van der Waals surface area (Å²) >= 11 is 0. The molecule has 7 heteroatoms. The number of sulfonamides is 1. The van der Waals surface area contributed by atoms with Crippen molar-refractivity contribution in [3.05, 3.63) is 59.7 Å². The molecule has 31 heavy (non-hydrogen) atoms. The van der Waals surface area contributed by atoms with E-state index in [1.807, 2.05) is 29.2 Å². The molecule has 0 bridgehead atoms. The van der Waals surface area contributed by atoms with Crippen molar-refractivity contribution in [1.29, 1.82) is 0 Å². The molecule has 0 aliphatic carbocycles. The summed E-state index contributed by atoms with van der Waals surface area (Å²) in [6, 6.07) is 15.9. The Morgan fingerprint density at radius 1 is 1.06 bits per heavy atom. The van der Waals surface area contributed by atoms with Gasteiger partial charge in [-0.05, 0) is 54.2 Å². The van der Waals surface area contributed by atoms with Crippen LogP contribution in [-0.2, 0) is 21.4 Å². The Morgan fingerprint density at radius 2 is 1.65 bits per heavy atom. The van der Waals surface area contributed by atoms with Gasteiger partial charge in [0.05, 0.1) is 19.9 Å². The number of hydrogen-bond donors (Lipinski definition) is 0. The molecule has 0 N–H and O–H groups in total. The van der Waals surface area contributed by atoms with Crippen LogP contribution in [0.5, 0.6) is 5.75 Å². The third-order valence-corrected chi connectivity index (χ3v) is 7.21. The van der Waals surface area contributed by atoms with Gasteiger partial charge in [0.25, 0.3) is 0 Å². The highest BCUT2D eigenvalue weighted by Crippen LogP contribution is 2.28. The third kappa shape index (κ3) is 5.86. The van der Waals surface area contributed by atoms with Crippen molar-refractivity contribution in [2.45, 2.75) is 39.2 Å². The zero-order chi connectivity index (χ0) is 22.6. The topological polar surface area (TPSA) is 66.9 Å². The van der Waals surface area contributed by atoms with Gasteiger partial charge in [-0.3, -0.25) is 4.79 Å².